The molecule has 0 atom stereocenters. The van der Waals surface area contributed by atoms with Crippen LogP contribution in [0, 0.1) is 0 Å². The second kappa shape index (κ2) is 12.0. The molecule has 1 saturated heterocycles. The summed E-state index contributed by atoms with van der Waals surface area (Å²) < 4.78 is 7.40. The maximum Gasteiger partial charge on any atom is 0.325 e. The zero-order chi connectivity index (χ0) is 27.2. The van der Waals surface area contributed by atoms with Crippen molar-refractivity contribution in [3.8, 4) is 11.4 Å². The van der Waals surface area contributed by atoms with Gasteiger partial charge in [0.1, 0.15) is 11.6 Å². The topological polar surface area (TPSA) is 129 Å². The number of nitrogens with one attached hydrogen (secondary N) is 2. The quantitative estimate of drug-likeness (QED) is 0.305. The van der Waals surface area contributed by atoms with E-state index in [1.807, 2.05) is 58.9 Å². The molecule has 1 aliphatic heterocycles. The number of rotatable bonds is 9. The Kier molecular flexibility index (Phi) is 8.11. The van der Waals surface area contributed by atoms with E-state index in [1.165, 1.54) is 17.8 Å². The first-order valence-electron chi connectivity index (χ1n) is 12.7. The fourth-order valence-corrected chi connectivity index (χ4v) is 5.35. The van der Waals surface area contributed by atoms with E-state index < -0.39 is 11.2 Å². The van der Waals surface area contributed by atoms with E-state index in [1.54, 1.807) is 0 Å². The van der Waals surface area contributed by atoms with Crippen molar-refractivity contribution in [1.29, 1.82) is 0 Å². The Hall–Kier alpha value is -4.32. The lowest BCUT2D eigenvalue weighted by Gasteiger charge is -2.36. The van der Waals surface area contributed by atoms with E-state index in [2.05, 4.69) is 37.2 Å². The summed E-state index contributed by atoms with van der Waals surface area (Å²) in [5.74, 6) is 1.50. The fourth-order valence-electron chi connectivity index (χ4n) is 4.48. The molecule has 11 nitrogen and oxygen atoms in total. The van der Waals surface area contributed by atoms with Crippen molar-refractivity contribution in [2.24, 2.45) is 0 Å². The predicted octanol–water partition coefficient (Wildman–Crippen LogP) is 2.07. The molecule has 0 unspecified atom stereocenters. The zero-order valence-corrected chi connectivity index (χ0v) is 22.3. The van der Waals surface area contributed by atoms with Crippen molar-refractivity contribution in [2.75, 3.05) is 43.4 Å². The number of aromatic amines is 2. The normalized spacial score (nSPS) is 13.5. The lowest BCUT2D eigenvalue weighted by molar-refractivity contribution is -0.128. The molecule has 39 heavy (non-hydrogen) atoms. The third kappa shape index (κ3) is 6.40. The minimum absolute atomic E-state index is 0.0365. The Bertz CT molecular complexity index is 1500. The van der Waals surface area contributed by atoms with Crippen LogP contribution in [-0.4, -0.2) is 74.1 Å². The summed E-state index contributed by atoms with van der Waals surface area (Å²) in [6.45, 7) is 5.34. The monoisotopic (exact) mass is 547 g/mol. The number of benzene rings is 2. The van der Waals surface area contributed by atoms with Crippen molar-refractivity contribution in [1.82, 2.24) is 29.6 Å². The average molecular weight is 548 g/mol. The third-order valence-electron chi connectivity index (χ3n) is 6.35. The van der Waals surface area contributed by atoms with Crippen LogP contribution in [0.3, 0.4) is 0 Å². The van der Waals surface area contributed by atoms with Gasteiger partial charge in [0.25, 0.3) is 5.56 Å². The van der Waals surface area contributed by atoms with Crippen molar-refractivity contribution >= 4 is 23.4 Å². The van der Waals surface area contributed by atoms with Crippen molar-refractivity contribution in [3.05, 3.63) is 93.0 Å². The van der Waals surface area contributed by atoms with E-state index in [0.29, 0.717) is 36.4 Å². The first kappa shape index (κ1) is 26.3. The minimum atomic E-state index is -0.586. The molecule has 1 amide bonds. The number of anilines is 1. The van der Waals surface area contributed by atoms with Crippen LogP contribution in [0.4, 0.5) is 5.69 Å². The Morgan fingerprint density at radius 2 is 1.69 bits per heavy atom. The number of carbonyl (C=O) groups excluding carboxylic acids is 1. The number of hydrogen-bond acceptors (Lipinski definition) is 8. The Morgan fingerprint density at radius 3 is 2.38 bits per heavy atom. The molecule has 0 saturated carbocycles. The molecular weight excluding hydrogens is 518 g/mol. The largest absolute Gasteiger partial charge is 0.494 e. The van der Waals surface area contributed by atoms with Gasteiger partial charge in [-0.25, -0.2) is 4.79 Å². The van der Waals surface area contributed by atoms with Crippen LogP contribution in [0.15, 0.2) is 75.4 Å². The molecule has 4 aromatic rings. The highest BCUT2D eigenvalue weighted by molar-refractivity contribution is 7.99. The van der Waals surface area contributed by atoms with Gasteiger partial charge < -0.3 is 19.5 Å². The molecule has 0 aliphatic carbocycles. The Morgan fingerprint density at radius 1 is 0.949 bits per heavy atom. The van der Waals surface area contributed by atoms with Crippen LogP contribution in [-0.2, 0) is 11.2 Å². The van der Waals surface area contributed by atoms with Gasteiger partial charge in [-0.05, 0) is 43.3 Å². The van der Waals surface area contributed by atoms with Crippen LogP contribution in [0.25, 0.3) is 5.69 Å². The highest BCUT2D eigenvalue weighted by Crippen LogP contribution is 2.25. The highest BCUT2D eigenvalue weighted by Gasteiger charge is 2.23. The van der Waals surface area contributed by atoms with Crippen LogP contribution < -0.4 is 20.9 Å². The van der Waals surface area contributed by atoms with Gasteiger partial charge in [-0.1, -0.05) is 30.0 Å². The Balaban J connectivity index is 1.32. The molecule has 2 aromatic heterocycles. The SMILES string of the molecule is CCOc1ccc(-n2c(Cc3cc(=O)[nH]c(=O)[nH]3)nnc2SCC(=O)N2CCN(c3ccccc3)CC2)cc1. The lowest BCUT2D eigenvalue weighted by atomic mass is 10.2. The number of piperazine rings is 1. The number of amides is 1. The number of ether oxygens (including phenoxy) is 1. The summed E-state index contributed by atoms with van der Waals surface area (Å²) in [4.78, 5) is 45.6. The number of para-hydroxylation sites is 1. The van der Waals surface area contributed by atoms with Gasteiger partial charge in [0.2, 0.25) is 5.91 Å². The van der Waals surface area contributed by atoms with E-state index in [4.69, 9.17) is 4.74 Å². The average Bonchev–Trinajstić information content (AvgIpc) is 3.34. The van der Waals surface area contributed by atoms with E-state index in [0.717, 1.165) is 30.2 Å². The number of carbonyl (C=O) groups is 1. The van der Waals surface area contributed by atoms with Crippen LogP contribution in [0.1, 0.15) is 18.4 Å². The molecule has 0 spiro atoms. The van der Waals surface area contributed by atoms with Gasteiger partial charge in [0.05, 0.1) is 12.4 Å². The van der Waals surface area contributed by atoms with Crippen LogP contribution in [0.5, 0.6) is 5.75 Å². The molecule has 2 aromatic carbocycles. The van der Waals surface area contributed by atoms with E-state index in [-0.39, 0.29) is 18.1 Å². The molecule has 202 valence electrons. The first-order valence-corrected chi connectivity index (χ1v) is 13.7. The second-order valence-electron chi connectivity index (χ2n) is 8.94. The molecule has 2 N–H and O–H groups in total. The van der Waals surface area contributed by atoms with Crippen LogP contribution >= 0.6 is 11.8 Å². The van der Waals surface area contributed by atoms with E-state index in [9.17, 15) is 14.4 Å². The number of hydrogen-bond donors (Lipinski definition) is 2. The summed E-state index contributed by atoms with van der Waals surface area (Å²) in [6.07, 6.45) is 0.176. The molecule has 5 rings (SSSR count). The zero-order valence-electron chi connectivity index (χ0n) is 21.5. The minimum Gasteiger partial charge on any atom is -0.494 e. The van der Waals surface area contributed by atoms with Gasteiger partial charge in [0.15, 0.2) is 5.16 Å². The fraction of sp³-hybridized carbons (Fsp3) is 0.296. The number of H-pyrrole nitrogens is 2. The van der Waals surface area contributed by atoms with Crippen molar-refractivity contribution in [2.45, 2.75) is 18.5 Å². The second-order valence-corrected chi connectivity index (χ2v) is 9.89. The Labute approximate surface area is 228 Å². The number of thioether (sulfide) groups is 1. The van der Waals surface area contributed by atoms with Crippen molar-refractivity contribution < 1.29 is 9.53 Å². The molecule has 3 heterocycles. The van der Waals surface area contributed by atoms with Crippen molar-refractivity contribution in [3.63, 3.8) is 0 Å². The van der Waals surface area contributed by atoms with Gasteiger partial charge in [0, 0.05) is 55.7 Å². The summed E-state index contributed by atoms with van der Waals surface area (Å²) in [6, 6.07) is 19.0. The molecular formula is C27H29N7O4S. The maximum atomic E-state index is 13.1. The van der Waals surface area contributed by atoms with Crippen LogP contribution in [0.2, 0.25) is 0 Å². The molecule has 12 heteroatoms. The summed E-state index contributed by atoms with van der Waals surface area (Å²) in [5.41, 5.74) is 1.27. The molecule has 1 aliphatic rings. The van der Waals surface area contributed by atoms with Gasteiger partial charge >= 0.3 is 5.69 Å². The standard InChI is InChI=1S/C27H29N7O4S/c1-2-38-22-10-8-21(9-11-22)34-23(16-19-17-24(35)29-26(37)28-19)30-31-27(34)39-18-25(36)33-14-12-32(13-15-33)20-6-4-3-5-7-20/h3-11,17H,2,12-16,18H2,1H3,(H2,28,29,35,37). The molecule has 1 fully saturated rings. The lowest BCUT2D eigenvalue weighted by Crippen LogP contribution is -2.49. The maximum absolute atomic E-state index is 13.1. The summed E-state index contributed by atoms with van der Waals surface area (Å²) in [5, 5.41) is 9.22. The first-order chi connectivity index (χ1) is 19.0. The number of nitrogens with zero attached hydrogens (tertiary/aromatic N) is 5. The third-order valence-corrected chi connectivity index (χ3v) is 7.26. The molecule has 0 bridgehead atoms. The van der Waals surface area contributed by atoms with Gasteiger partial charge in [-0.2, -0.15) is 0 Å². The highest BCUT2D eigenvalue weighted by atomic mass is 32.2. The molecule has 0 radical (unpaired) electrons. The summed E-state index contributed by atoms with van der Waals surface area (Å²) in [7, 11) is 0. The smallest absolute Gasteiger partial charge is 0.325 e. The van der Waals surface area contributed by atoms with Gasteiger partial charge in [-0.3, -0.25) is 19.1 Å². The predicted molar refractivity (Wildman–Crippen MR) is 149 cm³/mol. The summed E-state index contributed by atoms with van der Waals surface area (Å²) >= 11 is 1.31. The number of aromatic nitrogens is 5. The van der Waals surface area contributed by atoms with E-state index >= 15 is 0 Å². The van der Waals surface area contributed by atoms with Gasteiger partial charge in [-0.15, -0.1) is 10.2 Å².